The van der Waals surface area contributed by atoms with Crippen LogP contribution in [0.1, 0.15) is 81.6 Å². The summed E-state index contributed by atoms with van der Waals surface area (Å²) in [6.07, 6.45) is 3.81. The van der Waals surface area contributed by atoms with Gasteiger partial charge in [-0.25, -0.2) is 0 Å². The summed E-state index contributed by atoms with van der Waals surface area (Å²) in [4.78, 5) is 12.9. The number of hydrogen-bond acceptors (Lipinski definition) is 2. The van der Waals surface area contributed by atoms with Gasteiger partial charge in [0.05, 0.1) is 5.92 Å². The largest absolute Gasteiger partial charge is 0.460 e. The summed E-state index contributed by atoms with van der Waals surface area (Å²) >= 11 is 0. The standard InChI is InChI=1S/C25H42O2/c1-23(2,3)20-16-12-17(21(20)24(4,5)6)19-14-10-13(18(16)19)11-15(14)22(26)27-25(7,8)9/h13-21H,10-12H2,1-9H3. The SMILES string of the molecule is CC(C)(C)OC(=O)C1CC2CC1C1C3CC(C21)C(C(C)(C)C)C3C(C)(C)C. The summed E-state index contributed by atoms with van der Waals surface area (Å²) in [6, 6.07) is 0. The van der Waals surface area contributed by atoms with E-state index in [1.807, 2.05) is 20.8 Å². The second-order valence-electron chi connectivity index (χ2n) is 13.5. The van der Waals surface area contributed by atoms with Crippen molar-refractivity contribution in [3.05, 3.63) is 0 Å². The molecule has 0 N–H and O–H groups in total. The van der Waals surface area contributed by atoms with Crippen molar-refractivity contribution >= 4 is 5.97 Å². The lowest BCUT2D eigenvalue weighted by atomic mass is 9.52. The molecule has 154 valence electrons. The van der Waals surface area contributed by atoms with Crippen LogP contribution in [-0.2, 0) is 9.53 Å². The summed E-state index contributed by atoms with van der Waals surface area (Å²) in [7, 11) is 0. The molecule has 0 spiro atoms. The Morgan fingerprint density at radius 3 is 1.70 bits per heavy atom. The van der Waals surface area contributed by atoms with Gasteiger partial charge < -0.3 is 4.74 Å². The highest BCUT2D eigenvalue weighted by molar-refractivity contribution is 5.74. The first kappa shape index (κ1) is 19.8. The van der Waals surface area contributed by atoms with Crippen LogP contribution < -0.4 is 0 Å². The van der Waals surface area contributed by atoms with E-state index in [0.717, 1.165) is 47.8 Å². The number of ether oxygens (including phenoxy) is 1. The maximum absolute atomic E-state index is 12.9. The summed E-state index contributed by atoms with van der Waals surface area (Å²) in [5.74, 6) is 6.65. The fourth-order valence-electron chi connectivity index (χ4n) is 8.63. The van der Waals surface area contributed by atoms with Gasteiger partial charge in [-0.05, 0) is 98.2 Å². The summed E-state index contributed by atoms with van der Waals surface area (Å²) in [5.41, 5.74) is 0.374. The van der Waals surface area contributed by atoms with Crippen LogP contribution in [0.15, 0.2) is 0 Å². The Kier molecular flexibility index (Phi) is 4.22. The molecule has 0 aliphatic heterocycles. The molecule has 0 aromatic rings. The third-order valence-corrected chi connectivity index (χ3v) is 8.68. The van der Waals surface area contributed by atoms with Gasteiger partial charge in [0.25, 0.3) is 0 Å². The predicted molar refractivity (Wildman–Crippen MR) is 110 cm³/mol. The first-order valence-electron chi connectivity index (χ1n) is 11.4. The minimum absolute atomic E-state index is 0.0934. The van der Waals surface area contributed by atoms with Crippen molar-refractivity contribution in [3.63, 3.8) is 0 Å². The molecule has 9 atom stereocenters. The lowest BCUT2D eigenvalue weighted by Gasteiger charge is -2.53. The molecule has 2 heteroatoms. The first-order chi connectivity index (χ1) is 12.2. The van der Waals surface area contributed by atoms with E-state index in [-0.39, 0.29) is 17.5 Å². The van der Waals surface area contributed by atoms with E-state index < -0.39 is 0 Å². The van der Waals surface area contributed by atoms with Gasteiger partial charge in [0, 0.05) is 0 Å². The number of carbonyl (C=O) groups is 1. The minimum atomic E-state index is -0.363. The van der Waals surface area contributed by atoms with Gasteiger partial charge in [-0.1, -0.05) is 41.5 Å². The zero-order valence-electron chi connectivity index (χ0n) is 19.1. The molecular weight excluding hydrogens is 332 g/mol. The molecule has 0 aromatic heterocycles. The molecule has 4 aliphatic carbocycles. The zero-order valence-corrected chi connectivity index (χ0v) is 19.1. The van der Waals surface area contributed by atoms with Crippen molar-refractivity contribution in [3.8, 4) is 0 Å². The monoisotopic (exact) mass is 374 g/mol. The number of hydrogen-bond donors (Lipinski definition) is 0. The highest BCUT2D eigenvalue weighted by atomic mass is 16.6. The Labute approximate surface area is 167 Å². The van der Waals surface area contributed by atoms with Crippen LogP contribution in [0.3, 0.4) is 0 Å². The summed E-state index contributed by atoms with van der Waals surface area (Å²) < 4.78 is 5.83. The van der Waals surface area contributed by atoms with Crippen molar-refractivity contribution in [2.45, 2.75) is 87.2 Å². The highest BCUT2D eigenvalue weighted by Gasteiger charge is 2.70. The Hall–Kier alpha value is -0.530. The lowest BCUT2D eigenvalue weighted by Crippen LogP contribution is -2.49. The van der Waals surface area contributed by atoms with Gasteiger partial charge in [-0.2, -0.15) is 0 Å². The van der Waals surface area contributed by atoms with E-state index in [4.69, 9.17) is 4.74 Å². The third kappa shape index (κ3) is 2.99. The van der Waals surface area contributed by atoms with E-state index in [0.29, 0.717) is 16.7 Å². The van der Waals surface area contributed by atoms with Crippen LogP contribution in [0.5, 0.6) is 0 Å². The molecule has 4 rings (SSSR count). The molecule has 4 bridgehead atoms. The van der Waals surface area contributed by atoms with Gasteiger partial charge >= 0.3 is 5.97 Å². The number of carbonyl (C=O) groups excluding carboxylic acids is 1. The Morgan fingerprint density at radius 1 is 0.704 bits per heavy atom. The molecule has 4 fully saturated rings. The summed E-state index contributed by atoms with van der Waals surface area (Å²) in [6.45, 7) is 20.8. The predicted octanol–water partition coefficient (Wildman–Crippen LogP) is 6.19. The maximum Gasteiger partial charge on any atom is 0.309 e. The molecule has 4 saturated carbocycles. The molecule has 9 unspecified atom stereocenters. The van der Waals surface area contributed by atoms with E-state index in [1.54, 1.807) is 0 Å². The van der Waals surface area contributed by atoms with Gasteiger partial charge in [0.1, 0.15) is 5.60 Å². The Morgan fingerprint density at radius 2 is 1.22 bits per heavy atom. The second-order valence-corrected chi connectivity index (χ2v) is 13.5. The van der Waals surface area contributed by atoms with Crippen LogP contribution in [0.25, 0.3) is 0 Å². The Bertz CT molecular complexity index is 614. The van der Waals surface area contributed by atoms with E-state index >= 15 is 0 Å². The molecular formula is C25H42O2. The smallest absolute Gasteiger partial charge is 0.309 e. The van der Waals surface area contributed by atoms with Gasteiger partial charge in [0.15, 0.2) is 0 Å². The van der Waals surface area contributed by atoms with E-state index in [1.165, 1.54) is 12.8 Å². The normalized spacial score (nSPS) is 46.0. The van der Waals surface area contributed by atoms with Crippen molar-refractivity contribution in [1.82, 2.24) is 0 Å². The van der Waals surface area contributed by atoms with Crippen LogP contribution in [0.4, 0.5) is 0 Å². The zero-order chi connectivity index (χ0) is 20.1. The molecule has 2 nitrogen and oxygen atoms in total. The second kappa shape index (κ2) is 5.76. The highest BCUT2D eigenvalue weighted by Crippen LogP contribution is 2.75. The number of fused-ring (bicyclic) bond motifs is 9. The van der Waals surface area contributed by atoms with Crippen molar-refractivity contribution in [1.29, 1.82) is 0 Å². The van der Waals surface area contributed by atoms with Crippen LogP contribution in [-0.4, -0.2) is 11.6 Å². The number of esters is 1. The van der Waals surface area contributed by atoms with Crippen LogP contribution in [0, 0.1) is 64.1 Å². The van der Waals surface area contributed by atoms with E-state index in [2.05, 4.69) is 41.5 Å². The van der Waals surface area contributed by atoms with Gasteiger partial charge in [-0.15, -0.1) is 0 Å². The molecule has 4 aliphatic rings. The topological polar surface area (TPSA) is 26.3 Å². The fraction of sp³-hybridized carbons (Fsp3) is 0.960. The average Bonchev–Trinajstić information content (AvgIpc) is 3.19. The number of rotatable bonds is 1. The van der Waals surface area contributed by atoms with Crippen molar-refractivity contribution < 1.29 is 9.53 Å². The van der Waals surface area contributed by atoms with Crippen molar-refractivity contribution in [2.24, 2.45) is 64.1 Å². The van der Waals surface area contributed by atoms with Crippen LogP contribution in [0.2, 0.25) is 0 Å². The third-order valence-electron chi connectivity index (χ3n) is 8.68. The molecule has 0 amide bonds. The fourth-order valence-corrected chi connectivity index (χ4v) is 8.63. The first-order valence-corrected chi connectivity index (χ1v) is 11.4. The molecule has 0 radical (unpaired) electrons. The Balaban J connectivity index is 1.62. The molecule has 0 saturated heterocycles. The van der Waals surface area contributed by atoms with Crippen LogP contribution >= 0.6 is 0 Å². The molecule has 0 aromatic carbocycles. The van der Waals surface area contributed by atoms with Gasteiger partial charge in [0.2, 0.25) is 0 Å². The molecule has 0 heterocycles. The van der Waals surface area contributed by atoms with Crippen molar-refractivity contribution in [2.75, 3.05) is 0 Å². The van der Waals surface area contributed by atoms with E-state index in [9.17, 15) is 4.79 Å². The lowest BCUT2D eigenvalue weighted by molar-refractivity contribution is -0.164. The summed E-state index contributed by atoms with van der Waals surface area (Å²) in [5, 5.41) is 0. The maximum atomic E-state index is 12.9. The minimum Gasteiger partial charge on any atom is -0.460 e. The quantitative estimate of drug-likeness (QED) is 0.404. The average molecular weight is 375 g/mol. The van der Waals surface area contributed by atoms with Gasteiger partial charge in [-0.3, -0.25) is 4.79 Å². The molecule has 27 heavy (non-hydrogen) atoms.